The van der Waals surface area contributed by atoms with Crippen LogP contribution in [0.2, 0.25) is 5.02 Å². The Morgan fingerprint density at radius 2 is 2.00 bits per heavy atom. The molecule has 5 nitrogen and oxygen atoms in total. The van der Waals surface area contributed by atoms with E-state index in [9.17, 15) is 13.5 Å². The third-order valence-electron chi connectivity index (χ3n) is 3.71. The van der Waals surface area contributed by atoms with Gasteiger partial charge in [-0.05, 0) is 37.5 Å². The molecule has 1 aromatic carbocycles. The Bertz CT molecular complexity index is 610. The van der Waals surface area contributed by atoms with Gasteiger partial charge in [0.1, 0.15) is 0 Å². The summed E-state index contributed by atoms with van der Waals surface area (Å²) < 4.78 is 27.1. The molecule has 7 heteroatoms. The molecule has 0 aromatic heterocycles. The maximum absolute atomic E-state index is 12.3. The monoisotopic (exact) mass is 318 g/mol. The number of nitrogens with two attached hydrogens (primary N) is 1. The van der Waals surface area contributed by atoms with Crippen LogP contribution >= 0.6 is 11.6 Å². The number of aliphatic hydroxyl groups is 1. The minimum absolute atomic E-state index is 0.0251. The molecule has 0 saturated heterocycles. The van der Waals surface area contributed by atoms with Crippen molar-refractivity contribution in [3.63, 3.8) is 0 Å². The second kappa shape index (κ2) is 5.52. The molecule has 20 heavy (non-hydrogen) atoms. The van der Waals surface area contributed by atoms with E-state index in [-0.39, 0.29) is 17.1 Å². The van der Waals surface area contributed by atoms with E-state index in [1.54, 1.807) is 6.92 Å². The van der Waals surface area contributed by atoms with E-state index in [0.29, 0.717) is 23.4 Å². The number of nitrogens with one attached hydrogen (secondary N) is 1. The predicted octanol–water partition coefficient (Wildman–Crippen LogP) is 1.81. The maximum Gasteiger partial charge on any atom is 0.241 e. The van der Waals surface area contributed by atoms with Gasteiger partial charge in [0.2, 0.25) is 10.0 Å². The fourth-order valence-electron chi connectivity index (χ4n) is 2.48. The summed E-state index contributed by atoms with van der Waals surface area (Å²) in [6.07, 6.45) is 3.09. The van der Waals surface area contributed by atoms with Crippen molar-refractivity contribution in [2.75, 3.05) is 12.3 Å². The molecule has 112 valence electrons. The molecule has 0 heterocycles. The predicted molar refractivity (Wildman–Crippen MR) is 79.2 cm³/mol. The summed E-state index contributed by atoms with van der Waals surface area (Å²) in [6, 6.07) is 2.87. The fourth-order valence-corrected chi connectivity index (χ4v) is 4.07. The number of hydrogen-bond donors (Lipinski definition) is 3. The highest BCUT2D eigenvalue weighted by Crippen LogP contribution is 2.30. The molecule has 1 aliphatic rings. The van der Waals surface area contributed by atoms with Crippen LogP contribution in [0.4, 0.5) is 5.69 Å². The molecule has 0 radical (unpaired) electrons. The summed E-state index contributed by atoms with van der Waals surface area (Å²) in [5.41, 5.74) is 5.47. The van der Waals surface area contributed by atoms with E-state index in [1.165, 1.54) is 12.1 Å². The quantitative estimate of drug-likeness (QED) is 0.738. The molecule has 0 spiro atoms. The van der Waals surface area contributed by atoms with E-state index in [4.69, 9.17) is 17.3 Å². The van der Waals surface area contributed by atoms with Gasteiger partial charge in [0.25, 0.3) is 0 Å². The van der Waals surface area contributed by atoms with Gasteiger partial charge in [-0.15, -0.1) is 0 Å². The van der Waals surface area contributed by atoms with Gasteiger partial charge in [-0.1, -0.05) is 24.4 Å². The lowest BCUT2D eigenvalue weighted by molar-refractivity contribution is 0.0532. The number of nitrogen functional groups attached to an aromatic ring is 1. The fraction of sp³-hybridized carbons (Fsp3) is 0.538. The van der Waals surface area contributed by atoms with Gasteiger partial charge in [0.05, 0.1) is 21.2 Å². The van der Waals surface area contributed by atoms with Crippen LogP contribution in [0, 0.1) is 6.92 Å². The largest absolute Gasteiger partial charge is 0.397 e. The van der Waals surface area contributed by atoms with Gasteiger partial charge in [-0.25, -0.2) is 13.1 Å². The minimum Gasteiger partial charge on any atom is -0.397 e. The molecule has 1 saturated carbocycles. The standard InChI is InChI=1S/C13H19ClN2O3S/c1-9-6-10(14)11(15)7-12(9)20(18,19)16-8-13(17)4-2-3-5-13/h6-7,16-17H,2-5,8,15H2,1H3. The first-order valence-electron chi connectivity index (χ1n) is 6.51. The number of rotatable bonds is 4. The molecule has 1 aromatic rings. The maximum atomic E-state index is 12.3. The van der Waals surface area contributed by atoms with Crippen LogP contribution in [-0.4, -0.2) is 25.7 Å². The number of anilines is 1. The highest BCUT2D eigenvalue weighted by molar-refractivity contribution is 7.89. The average Bonchev–Trinajstić information content (AvgIpc) is 2.79. The zero-order valence-corrected chi connectivity index (χ0v) is 12.9. The first-order valence-corrected chi connectivity index (χ1v) is 8.37. The van der Waals surface area contributed by atoms with Gasteiger partial charge in [0, 0.05) is 6.54 Å². The Morgan fingerprint density at radius 3 is 2.60 bits per heavy atom. The highest BCUT2D eigenvalue weighted by atomic mass is 35.5. The lowest BCUT2D eigenvalue weighted by Gasteiger charge is -2.22. The molecular formula is C13H19ClN2O3S. The third-order valence-corrected chi connectivity index (χ3v) is 5.58. The number of hydrogen-bond acceptors (Lipinski definition) is 4. The van der Waals surface area contributed by atoms with E-state index in [0.717, 1.165) is 12.8 Å². The summed E-state index contributed by atoms with van der Waals surface area (Å²) >= 11 is 5.86. The summed E-state index contributed by atoms with van der Waals surface area (Å²) in [6.45, 7) is 1.68. The minimum atomic E-state index is -3.70. The van der Waals surface area contributed by atoms with Gasteiger partial charge in [0.15, 0.2) is 0 Å². The van der Waals surface area contributed by atoms with Crippen LogP contribution in [-0.2, 0) is 10.0 Å². The normalized spacial score (nSPS) is 18.4. The molecule has 0 amide bonds. The van der Waals surface area contributed by atoms with Crippen LogP contribution in [0.25, 0.3) is 0 Å². The molecule has 0 aliphatic heterocycles. The van der Waals surface area contributed by atoms with Crippen molar-refractivity contribution in [2.45, 2.75) is 43.1 Å². The summed E-state index contributed by atoms with van der Waals surface area (Å²) in [5.74, 6) is 0. The van der Waals surface area contributed by atoms with Crippen molar-refractivity contribution in [3.05, 3.63) is 22.7 Å². The van der Waals surface area contributed by atoms with Gasteiger partial charge < -0.3 is 10.8 Å². The molecule has 0 unspecified atom stereocenters. The lowest BCUT2D eigenvalue weighted by Crippen LogP contribution is -2.40. The first-order chi connectivity index (χ1) is 9.23. The smallest absolute Gasteiger partial charge is 0.241 e. The zero-order chi connectivity index (χ0) is 15.0. The Hall–Kier alpha value is -0.820. The van der Waals surface area contributed by atoms with Crippen LogP contribution in [0.5, 0.6) is 0 Å². The van der Waals surface area contributed by atoms with Crippen LogP contribution in [0.3, 0.4) is 0 Å². The van der Waals surface area contributed by atoms with Crippen molar-refractivity contribution in [3.8, 4) is 0 Å². The SMILES string of the molecule is Cc1cc(Cl)c(N)cc1S(=O)(=O)NCC1(O)CCCC1. The lowest BCUT2D eigenvalue weighted by atomic mass is 10.0. The van der Waals surface area contributed by atoms with Crippen LogP contribution < -0.4 is 10.5 Å². The molecule has 0 atom stereocenters. The van der Waals surface area contributed by atoms with Crippen LogP contribution in [0.1, 0.15) is 31.2 Å². The molecule has 2 rings (SSSR count). The third kappa shape index (κ3) is 3.25. The van der Waals surface area contributed by atoms with Crippen molar-refractivity contribution >= 4 is 27.3 Å². The zero-order valence-electron chi connectivity index (χ0n) is 11.3. The van der Waals surface area contributed by atoms with Gasteiger partial charge in [-0.3, -0.25) is 0 Å². The second-order valence-electron chi connectivity index (χ2n) is 5.40. The average molecular weight is 319 g/mol. The summed E-state index contributed by atoms with van der Waals surface area (Å²) in [5, 5.41) is 10.5. The second-order valence-corrected chi connectivity index (χ2v) is 7.54. The number of benzene rings is 1. The van der Waals surface area contributed by atoms with E-state index in [2.05, 4.69) is 4.72 Å². The topological polar surface area (TPSA) is 92.4 Å². The van der Waals surface area contributed by atoms with Crippen molar-refractivity contribution < 1.29 is 13.5 Å². The van der Waals surface area contributed by atoms with Crippen molar-refractivity contribution in [2.24, 2.45) is 0 Å². The van der Waals surface area contributed by atoms with Crippen molar-refractivity contribution in [1.82, 2.24) is 4.72 Å². The van der Waals surface area contributed by atoms with Gasteiger partial charge in [-0.2, -0.15) is 0 Å². The molecule has 0 bridgehead atoms. The van der Waals surface area contributed by atoms with Crippen molar-refractivity contribution in [1.29, 1.82) is 0 Å². The summed E-state index contributed by atoms with van der Waals surface area (Å²) in [7, 11) is -3.70. The Balaban J connectivity index is 2.20. The molecule has 1 aliphatic carbocycles. The van der Waals surface area contributed by atoms with Crippen LogP contribution in [0.15, 0.2) is 17.0 Å². The molecule has 1 fully saturated rings. The van der Waals surface area contributed by atoms with E-state index < -0.39 is 15.6 Å². The highest BCUT2D eigenvalue weighted by Gasteiger charge is 2.32. The molecular weight excluding hydrogens is 300 g/mol. The number of aryl methyl sites for hydroxylation is 1. The molecule has 4 N–H and O–H groups in total. The van der Waals surface area contributed by atoms with E-state index in [1.807, 2.05) is 0 Å². The first kappa shape index (κ1) is 15.6. The Kier molecular flexibility index (Phi) is 4.30. The Morgan fingerprint density at radius 1 is 1.40 bits per heavy atom. The number of halogens is 1. The Labute approximate surface area is 124 Å². The van der Waals surface area contributed by atoms with Gasteiger partial charge >= 0.3 is 0 Å². The number of sulfonamides is 1. The van der Waals surface area contributed by atoms with E-state index >= 15 is 0 Å². The summed E-state index contributed by atoms with van der Waals surface area (Å²) in [4.78, 5) is 0.0981.